The van der Waals surface area contributed by atoms with Crippen LogP contribution in [0.5, 0.6) is 0 Å². The summed E-state index contributed by atoms with van der Waals surface area (Å²) in [7, 11) is -1.80. The Bertz CT molecular complexity index is 535. The molecule has 0 spiro atoms. The molecule has 0 fully saturated rings. The van der Waals surface area contributed by atoms with Gasteiger partial charge in [-0.15, -0.1) is 0 Å². The molecule has 0 saturated heterocycles. The highest BCUT2D eigenvalue weighted by Gasteiger charge is 2.24. The summed E-state index contributed by atoms with van der Waals surface area (Å²) in [6, 6.07) is 1.87. The first kappa shape index (κ1) is 17.2. The molecule has 20 heavy (non-hydrogen) atoms. The average molecular weight is 301 g/mol. The molecule has 0 aliphatic heterocycles. The number of nitrogens with two attached hydrogens (primary N) is 1. The van der Waals surface area contributed by atoms with Gasteiger partial charge in [-0.1, -0.05) is 20.3 Å². The molecule has 0 amide bonds. The molecule has 0 aromatic carbocycles. The van der Waals surface area contributed by atoms with Crippen LogP contribution >= 0.6 is 0 Å². The van der Waals surface area contributed by atoms with Crippen LogP contribution in [-0.2, 0) is 16.6 Å². The van der Waals surface area contributed by atoms with E-state index in [1.165, 1.54) is 4.31 Å². The molecule has 1 heterocycles. The summed E-state index contributed by atoms with van der Waals surface area (Å²) in [5, 5.41) is 0. The quantitative estimate of drug-likeness (QED) is 0.839. The van der Waals surface area contributed by atoms with E-state index in [4.69, 9.17) is 5.73 Å². The molecule has 0 radical (unpaired) electrons. The summed E-state index contributed by atoms with van der Waals surface area (Å²) in [5.41, 5.74) is 6.54. The van der Waals surface area contributed by atoms with Gasteiger partial charge in [0.25, 0.3) is 0 Å². The lowest BCUT2D eigenvalue weighted by molar-refractivity contribution is 0.393. The van der Waals surface area contributed by atoms with Crippen molar-refractivity contribution < 1.29 is 8.42 Å². The Morgan fingerprint density at radius 3 is 2.35 bits per heavy atom. The van der Waals surface area contributed by atoms with Crippen molar-refractivity contribution in [3.63, 3.8) is 0 Å². The van der Waals surface area contributed by atoms with Crippen LogP contribution in [0.1, 0.15) is 45.9 Å². The molecule has 5 nitrogen and oxygen atoms in total. The van der Waals surface area contributed by atoms with Gasteiger partial charge in [0.2, 0.25) is 10.0 Å². The Kier molecular flexibility index (Phi) is 5.79. The first-order valence-electron chi connectivity index (χ1n) is 7.11. The van der Waals surface area contributed by atoms with E-state index >= 15 is 0 Å². The predicted octanol–water partition coefficient (Wildman–Crippen LogP) is 2.19. The molecule has 0 saturated carbocycles. The zero-order chi connectivity index (χ0) is 15.5. The van der Waals surface area contributed by atoms with Crippen molar-refractivity contribution in [1.82, 2.24) is 8.87 Å². The maximum absolute atomic E-state index is 12.6. The number of rotatable bonds is 7. The van der Waals surface area contributed by atoms with Gasteiger partial charge in [0.15, 0.2) is 0 Å². The van der Waals surface area contributed by atoms with Crippen molar-refractivity contribution in [2.75, 3.05) is 13.6 Å². The largest absolute Gasteiger partial charge is 0.346 e. The normalized spacial score (nSPS) is 14.2. The minimum atomic E-state index is -3.43. The number of sulfonamides is 1. The molecular weight excluding hydrogens is 274 g/mol. The molecule has 1 aromatic rings. The van der Waals surface area contributed by atoms with Gasteiger partial charge in [-0.2, -0.15) is 0 Å². The van der Waals surface area contributed by atoms with Gasteiger partial charge in [-0.05, 0) is 25.8 Å². The zero-order valence-electron chi connectivity index (χ0n) is 13.1. The van der Waals surface area contributed by atoms with Gasteiger partial charge in [-0.25, -0.2) is 12.7 Å². The van der Waals surface area contributed by atoms with Crippen molar-refractivity contribution in [3.05, 3.63) is 18.0 Å². The van der Waals surface area contributed by atoms with E-state index in [2.05, 4.69) is 13.8 Å². The van der Waals surface area contributed by atoms with Crippen LogP contribution in [0.4, 0.5) is 0 Å². The molecule has 0 aliphatic carbocycles. The Morgan fingerprint density at radius 1 is 1.35 bits per heavy atom. The fourth-order valence-corrected chi connectivity index (χ4v) is 3.47. The van der Waals surface area contributed by atoms with Crippen molar-refractivity contribution in [3.8, 4) is 0 Å². The summed E-state index contributed by atoms with van der Waals surface area (Å²) in [4.78, 5) is 0.331. The fraction of sp³-hybridized carbons (Fsp3) is 0.714. The first-order chi connectivity index (χ1) is 9.23. The highest BCUT2D eigenvalue weighted by molar-refractivity contribution is 7.89. The maximum Gasteiger partial charge on any atom is 0.244 e. The average Bonchev–Trinajstić information content (AvgIpc) is 2.83. The third kappa shape index (κ3) is 3.62. The first-order valence-corrected chi connectivity index (χ1v) is 8.55. The van der Waals surface area contributed by atoms with E-state index in [9.17, 15) is 8.42 Å². The fourth-order valence-electron chi connectivity index (χ4n) is 2.13. The van der Waals surface area contributed by atoms with E-state index in [1.54, 1.807) is 19.3 Å². The van der Waals surface area contributed by atoms with Crippen molar-refractivity contribution in [2.45, 2.75) is 51.6 Å². The standard InChI is InChI=1S/C14H27N3O2S/c1-6-12(4)9-16(5)20(18,19)14-7-13(8-15)17(10-14)11(2)3/h7,10-12H,6,8-9,15H2,1-5H3. The van der Waals surface area contributed by atoms with Crippen LogP contribution in [0, 0.1) is 5.92 Å². The monoisotopic (exact) mass is 301 g/mol. The maximum atomic E-state index is 12.6. The van der Waals surface area contributed by atoms with Crippen LogP contribution in [0.25, 0.3) is 0 Å². The van der Waals surface area contributed by atoms with Crippen LogP contribution in [-0.4, -0.2) is 30.9 Å². The van der Waals surface area contributed by atoms with E-state index in [0.29, 0.717) is 23.9 Å². The van der Waals surface area contributed by atoms with Crippen LogP contribution < -0.4 is 5.73 Å². The van der Waals surface area contributed by atoms with Crippen LogP contribution in [0.2, 0.25) is 0 Å². The number of hydrogen-bond acceptors (Lipinski definition) is 3. The van der Waals surface area contributed by atoms with Crippen LogP contribution in [0.15, 0.2) is 17.2 Å². The van der Waals surface area contributed by atoms with Gasteiger partial charge in [0.05, 0.1) is 0 Å². The summed E-state index contributed by atoms with van der Waals surface area (Å²) in [5.74, 6) is 0.343. The molecule has 116 valence electrons. The minimum Gasteiger partial charge on any atom is -0.346 e. The van der Waals surface area contributed by atoms with Gasteiger partial charge < -0.3 is 10.3 Å². The third-order valence-electron chi connectivity index (χ3n) is 3.65. The zero-order valence-corrected chi connectivity index (χ0v) is 13.9. The summed E-state index contributed by atoms with van der Waals surface area (Å²) in [6.45, 7) is 9.01. The second-order valence-electron chi connectivity index (χ2n) is 5.67. The van der Waals surface area contributed by atoms with E-state index in [0.717, 1.165) is 12.1 Å². The Labute approximate surface area is 122 Å². The van der Waals surface area contributed by atoms with Crippen molar-refractivity contribution in [1.29, 1.82) is 0 Å². The van der Waals surface area contributed by atoms with E-state index in [1.807, 2.05) is 18.4 Å². The lowest BCUT2D eigenvalue weighted by Gasteiger charge is -2.19. The highest BCUT2D eigenvalue weighted by Crippen LogP contribution is 2.22. The number of aromatic nitrogens is 1. The Morgan fingerprint density at radius 2 is 1.95 bits per heavy atom. The second-order valence-corrected chi connectivity index (χ2v) is 7.72. The molecule has 1 atom stereocenters. The molecule has 1 rings (SSSR count). The molecule has 0 aliphatic rings. The molecule has 2 N–H and O–H groups in total. The Hall–Kier alpha value is -0.850. The number of nitrogens with zero attached hydrogens (tertiary/aromatic N) is 2. The van der Waals surface area contributed by atoms with E-state index in [-0.39, 0.29) is 6.04 Å². The van der Waals surface area contributed by atoms with Crippen molar-refractivity contribution >= 4 is 10.0 Å². The summed E-state index contributed by atoms with van der Waals surface area (Å²) >= 11 is 0. The molecule has 6 heteroatoms. The topological polar surface area (TPSA) is 68.3 Å². The smallest absolute Gasteiger partial charge is 0.244 e. The van der Waals surface area contributed by atoms with E-state index < -0.39 is 10.0 Å². The van der Waals surface area contributed by atoms with Gasteiger partial charge >= 0.3 is 0 Å². The lowest BCUT2D eigenvalue weighted by atomic mass is 10.1. The van der Waals surface area contributed by atoms with Gasteiger partial charge in [0, 0.05) is 38.1 Å². The minimum absolute atomic E-state index is 0.192. The molecular formula is C14H27N3O2S. The van der Waals surface area contributed by atoms with Crippen LogP contribution in [0.3, 0.4) is 0 Å². The van der Waals surface area contributed by atoms with Crippen molar-refractivity contribution in [2.24, 2.45) is 11.7 Å². The number of hydrogen-bond donors (Lipinski definition) is 1. The lowest BCUT2D eigenvalue weighted by Crippen LogP contribution is -2.30. The molecule has 0 bridgehead atoms. The summed E-state index contributed by atoms with van der Waals surface area (Å²) < 4.78 is 28.5. The van der Waals surface area contributed by atoms with Gasteiger partial charge in [0.1, 0.15) is 4.90 Å². The Balaban J connectivity index is 3.09. The second kappa shape index (κ2) is 6.74. The highest BCUT2D eigenvalue weighted by atomic mass is 32.2. The molecule has 1 aromatic heterocycles. The van der Waals surface area contributed by atoms with Gasteiger partial charge in [-0.3, -0.25) is 0 Å². The third-order valence-corrected chi connectivity index (χ3v) is 5.43. The SMILES string of the molecule is CCC(C)CN(C)S(=O)(=O)c1cc(CN)n(C(C)C)c1. The predicted molar refractivity (Wildman–Crippen MR) is 82.0 cm³/mol. The molecule has 1 unspecified atom stereocenters. The summed E-state index contributed by atoms with van der Waals surface area (Å²) in [6.07, 6.45) is 2.65.